The number of halogens is 1. The highest BCUT2D eigenvalue weighted by molar-refractivity contribution is 6.05. The molecule has 0 aliphatic carbocycles. The fourth-order valence-corrected chi connectivity index (χ4v) is 3.93. The molecule has 5 rings (SSSR count). The van der Waals surface area contributed by atoms with Gasteiger partial charge < -0.3 is 14.9 Å². The van der Waals surface area contributed by atoms with Crippen molar-refractivity contribution < 1.29 is 9.18 Å². The molecule has 0 saturated carbocycles. The lowest BCUT2D eigenvalue weighted by molar-refractivity contribution is 0.0732. The van der Waals surface area contributed by atoms with Crippen molar-refractivity contribution in [1.82, 2.24) is 24.8 Å². The van der Waals surface area contributed by atoms with Gasteiger partial charge in [-0.15, -0.1) is 0 Å². The predicted molar refractivity (Wildman–Crippen MR) is 99.9 cm³/mol. The summed E-state index contributed by atoms with van der Waals surface area (Å²) in [5.41, 5.74) is 4.29. The van der Waals surface area contributed by atoms with Crippen LogP contribution in [0.2, 0.25) is 0 Å². The summed E-state index contributed by atoms with van der Waals surface area (Å²) in [7, 11) is 0. The predicted octanol–water partition coefficient (Wildman–Crippen LogP) is 3.86. The van der Waals surface area contributed by atoms with Gasteiger partial charge in [-0.2, -0.15) is 0 Å². The Morgan fingerprint density at radius 3 is 3.04 bits per heavy atom. The van der Waals surface area contributed by atoms with Crippen LogP contribution in [0.3, 0.4) is 0 Å². The van der Waals surface area contributed by atoms with Crippen molar-refractivity contribution in [3.8, 4) is 0 Å². The number of aromatic nitrogens is 4. The molecule has 27 heavy (non-hydrogen) atoms. The number of aromatic amines is 2. The van der Waals surface area contributed by atoms with Crippen molar-refractivity contribution in [3.05, 3.63) is 59.4 Å². The number of carbonyl (C=O) groups excluding carboxylic acids is 1. The molecule has 1 amide bonds. The number of hydrogen-bond acceptors (Lipinski definition) is 3. The molecule has 2 N–H and O–H groups in total. The zero-order valence-electron chi connectivity index (χ0n) is 14.8. The Morgan fingerprint density at radius 2 is 2.15 bits per heavy atom. The average molecular weight is 363 g/mol. The molecule has 1 atom stereocenters. The third-order valence-corrected chi connectivity index (χ3v) is 5.20. The lowest BCUT2D eigenvalue weighted by atomic mass is 10.1. The number of aryl methyl sites for hydroxylation is 1. The van der Waals surface area contributed by atoms with Crippen LogP contribution in [-0.4, -0.2) is 37.3 Å². The molecule has 2 aromatic heterocycles. The Balaban J connectivity index is 1.55. The number of hydrogen-bond donors (Lipinski definition) is 2. The minimum atomic E-state index is -0.454. The molecule has 0 unspecified atom stereocenters. The minimum Gasteiger partial charge on any atom is -0.344 e. The van der Waals surface area contributed by atoms with Gasteiger partial charge in [0.1, 0.15) is 17.2 Å². The van der Waals surface area contributed by atoms with E-state index in [4.69, 9.17) is 0 Å². The summed E-state index contributed by atoms with van der Waals surface area (Å²) in [6.45, 7) is 2.65. The number of H-pyrrole nitrogens is 2. The number of fused-ring (bicyclic) bond motifs is 2. The minimum absolute atomic E-state index is 0.150. The van der Waals surface area contributed by atoms with Gasteiger partial charge >= 0.3 is 0 Å². The number of likely N-dealkylation sites (tertiary alicyclic amines) is 1. The lowest BCUT2D eigenvalue weighted by Crippen LogP contribution is -2.31. The second kappa shape index (κ2) is 5.90. The van der Waals surface area contributed by atoms with E-state index in [1.165, 1.54) is 18.5 Å². The van der Waals surface area contributed by atoms with E-state index < -0.39 is 5.82 Å². The quantitative estimate of drug-likeness (QED) is 0.568. The summed E-state index contributed by atoms with van der Waals surface area (Å²) in [6.07, 6.45) is 3.18. The highest BCUT2D eigenvalue weighted by Gasteiger charge is 2.34. The highest BCUT2D eigenvalue weighted by Crippen LogP contribution is 2.33. The molecule has 1 aliphatic heterocycles. The molecule has 136 valence electrons. The Morgan fingerprint density at radius 1 is 1.26 bits per heavy atom. The normalized spacial score (nSPS) is 17.3. The third kappa shape index (κ3) is 2.58. The molecule has 0 spiro atoms. The summed E-state index contributed by atoms with van der Waals surface area (Å²) in [5.74, 6) is 0.104. The van der Waals surface area contributed by atoms with Crippen LogP contribution in [0.15, 0.2) is 36.7 Å². The van der Waals surface area contributed by atoms with E-state index in [1.54, 1.807) is 4.90 Å². The Labute approximate surface area is 154 Å². The SMILES string of the molecule is Cc1ccc2nc([C@H]3CCCN3C(=O)c3cc(F)cc4[nH]cnc34)[nH]c2c1. The monoisotopic (exact) mass is 363 g/mol. The van der Waals surface area contributed by atoms with Crippen molar-refractivity contribution in [3.63, 3.8) is 0 Å². The number of rotatable bonds is 2. The molecule has 1 saturated heterocycles. The Kier molecular flexibility index (Phi) is 3.50. The molecule has 0 bridgehead atoms. The van der Waals surface area contributed by atoms with Crippen molar-refractivity contribution in [1.29, 1.82) is 0 Å². The van der Waals surface area contributed by atoms with Gasteiger partial charge in [0.25, 0.3) is 5.91 Å². The largest absolute Gasteiger partial charge is 0.344 e. The van der Waals surface area contributed by atoms with E-state index in [0.29, 0.717) is 17.6 Å². The maximum atomic E-state index is 14.0. The van der Waals surface area contributed by atoms with Crippen LogP contribution < -0.4 is 0 Å². The van der Waals surface area contributed by atoms with Crippen LogP contribution in [-0.2, 0) is 0 Å². The number of nitrogens with one attached hydrogen (secondary N) is 2. The van der Waals surface area contributed by atoms with Crippen LogP contribution in [0, 0.1) is 12.7 Å². The van der Waals surface area contributed by atoms with E-state index in [0.717, 1.165) is 35.3 Å². The van der Waals surface area contributed by atoms with Crippen molar-refractivity contribution >= 4 is 28.0 Å². The van der Waals surface area contributed by atoms with E-state index >= 15 is 0 Å². The number of carbonyl (C=O) groups is 1. The topological polar surface area (TPSA) is 77.7 Å². The maximum absolute atomic E-state index is 14.0. The molecule has 6 nitrogen and oxygen atoms in total. The van der Waals surface area contributed by atoms with Gasteiger partial charge in [-0.05, 0) is 49.6 Å². The first kappa shape index (κ1) is 16.0. The first-order chi connectivity index (χ1) is 13.1. The molecule has 2 aromatic carbocycles. The summed E-state index contributed by atoms with van der Waals surface area (Å²) >= 11 is 0. The molecule has 7 heteroatoms. The van der Waals surface area contributed by atoms with Gasteiger partial charge in [-0.25, -0.2) is 14.4 Å². The second-order valence-corrected chi connectivity index (χ2v) is 7.05. The summed E-state index contributed by atoms with van der Waals surface area (Å²) in [6, 6.07) is 8.51. The number of amides is 1. The smallest absolute Gasteiger partial charge is 0.256 e. The van der Waals surface area contributed by atoms with E-state index in [2.05, 4.69) is 19.9 Å². The van der Waals surface area contributed by atoms with Crippen LogP contribution in [0.1, 0.15) is 40.6 Å². The van der Waals surface area contributed by atoms with Crippen LogP contribution in [0.25, 0.3) is 22.1 Å². The molecular formula is C20H18FN5O. The molecule has 1 fully saturated rings. The molecule has 3 heterocycles. The van der Waals surface area contributed by atoms with Crippen LogP contribution in [0.5, 0.6) is 0 Å². The Bertz CT molecular complexity index is 1180. The van der Waals surface area contributed by atoms with Gasteiger partial charge in [0.15, 0.2) is 0 Å². The van der Waals surface area contributed by atoms with E-state index in [1.807, 2.05) is 25.1 Å². The Hall–Kier alpha value is -3.22. The first-order valence-corrected chi connectivity index (χ1v) is 9.00. The molecular weight excluding hydrogens is 345 g/mol. The number of nitrogens with zero attached hydrogens (tertiary/aromatic N) is 3. The molecule has 4 aromatic rings. The fraction of sp³-hybridized carbons (Fsp3) is 0.250. The van der Waals surface area contributed by atoms with Crippen molar-refractivity contribution in [2.24, 2.45) is 0 Å². The zero-order valence-corrected chi connectivity index (χ0v) is 14.8. The van der Waals surface area contributed by atoms with E-state index in [9.17, 15) is 9.18 Å². The maximum Gasteiger partial charge on any atom is 0.256 e. The van der Waals surface area contributed by atoms with Gasteiger partial charge in [-0.3, -0.25) is 4.79 Å². The highest BCUT2D eigenvalue weighted by atomic mass is 19.1. The summed E-state index contributed by atoms with van der Waals surface area (Å²) in [4.78, 5) is 30.1. The average Bonchev–Trinajstić information content (AvgIpc) is 3.37. The summed E-state index contributed by atoms with van der Waals surface area (Å²) < 4.78 is 14.0. The standard InChI is InChI=1S/C20H18FN5O/c1-11-4-5-14-15(7-11)25-19(24-14)17-3-2-6-26(17)20(27)13-8-12(21)9-16-18(13)23-10-22-16/h4-5,7-10,17H,2-3,6H2,1H3,(H,22,23)(H,24,25)/t17-/m1/s1. The molecule has 0 radical (unpaired) electrons. The van der Waals surface area contributed by atoms with Crippen molar-refractivity contribution in [2.45, 2.75) is 25.8 Å². The fourth-order valence-electron chi connectivity index (χ4n) is 3.93. The van der Waals surface area contributed by atoms with Crippen molar-refractivity contribution in [2.75, 3.05) is 6.54 Å². The number of imidazole rings is 2. The van der Waals surface area contributed by atoms with Crippen LogP contribution >= 0.6 is 0 Å². The lowest BCUT2D eigenvalue weighted by Gasteiger charge is -2.23. The van der Waals surface area contributed by atoms with Gasteiger partial charge in [0.05, 0.1) is 34.5 Å². The van der Waals surface area contributed by atoms with Gasteiger partial charge in [-0.1, -0.05) is 6.07 Å². The van der Waals surface area contributed by atoms with Gasteiger partial charge in [0, 0.05) is 6.54 Å². The first-order valence-electron chi connectivity index (χ1n) is 9.00. The second-order valence-electron chi connectivity index (χ2n) is 7.05. The van der Waals surface area contributed by atoms with E-state index in [-0.39, 0.29) is 17.5 Å². The van der Waals surface area contributed by atoms with Gasteiger partial charge in [0.2, 0.25) is 0 Å². The third-order valence-electron chi connectivity index (χ3n) is 5.20. The summed E-state index contributed by atoms with van der Waals surface area (Å²) in [5, 5.41) is 0. The number of benzene rings is 2. The zero-order chi connectivity index (χ0) is 18.5. The van der Waals surface area contributed by atoms with Crippen LogP contribution in [0.4, 0.5) is 4.39 Å². The molecule has 1 aliphatic rings.